The van der Waals surface area contributed by atoms with Gasteiger partial charge < -0.3 is 21.1 Å². The summed E-state index contributed by atoms with van der Waals surface area (Å²) in [5.74, 6) is -0.400. The molecular formula is C11H19N3O3. The van der Waals surface area contributed by atoms with E-state index in [1.165, 1.54) is 4.90 Å². The average Bonchev–Trinajstić information content (AvgIpc) is 2.56. The number of nitrogens with one attached hydrogen (secondary N) is 1. The zero-order chi connectivity index (χ0) is 12.6. The molecule has 0 bridgehead atoms. The van der Waals surface area contributed by atoms with Crippen molar-refractivity contribution in [2.45, 2.75) is 25.5 Å². The lowest BCUT2D eigenvalue weighted by Gasteiger charge is -2.35. The number of β-amino-alcohol motifs (C(OH)–C–C–N with tert-alkyl or cyclic N) is 1. The lowest BCUT2D eigenvalue weighted by molar-refractivity contribution is -0.142. The molecular weight excluding hydrogens is 222 g/mol. The van der Waals surface area contributed by atoms with Crippen molar-refractivity contribution in [3.63, 3.8) is 0 Å². The number of carbonyl (C=O) groups excluding carboxylic acids is 2. The normalized spacial score (nSPS) is 31.1. The van der Waals surface area contributed by atoms with Gasteiger partial charge in [0.1, 0.15) is 6.04 Å². The van der Waals surface area contributed by atoms with Gasteiger partial charge in [-0.3, -0.25) is 9.59 Å². The van der Waals surface area contributed by atoms with Crippen molar-refractivity contribution in [3.8, 4) is 0 Å². The minimum atomic E-state index is -0.645. The molecule has 2 amide bonds. The monoisotopic (exact) mass is 241 g/mol. The van der Waals surface area contributed by atoms with Crippen molar-refractivity contribution in [1.82, 2.24) is 10.2 Å². The van der Waals surface area contributed by atoms with E-state index in [4.69, 9.17) is 5.73 Å². The molecule has 96 valence electrons. The third-order valence-electron chi connectivity index (χ3n) is 3.80. The van der Waals surface area contributed by atoms with Crippen LogP contribution in [0.4, 0.5) is 0 Å². The van der Waals surface area contributed by atoms with Crippen molar-refractivity contribution >= 4 is 11.8 Å². The Kier molecular flexibility index (Phi) is 3.35. The Bertz CT molecular complexity index is 330. The number of hydrogen-bond acceptors (Lipinski definition) is 4. The summed E-state index contributed by atoms with van der Waals surface area (Å²) in [5, 5.41) is 12.7. The Morgan fingerprint density at radius 2 is 2.12 bits per heavy atom. The van der Waals surface area contributed by atoms with Gasteiger partial charge in [0.2, 0.25) is 11.8 Å². The SMILES string of the molecule is CC(C(=O)N1CC(O)CC1C(N)=O)C1CNC1. The highest BCUT2D eigenvalue weighted by molar-refractivity contribution is 5.88. The molecule has 6 heteroatoms. The van der Waals surface area contributed by atoms with Crippen molar-refractivity contribution in [2.24, 2.45) is 17.6 Å². The maximum absolute atomic E-state index is 12.2. The number of nitrogens with two attached hydrogens (primary N) is 1. The number of hydrogen-bond donors (Lipinski definition) is 3. The van der Waals surface area contributed by atoms with Gasteiger partial charge in [0, 0.05) is 18.9 Å². The van der Waals surface area contributed by atoms with Gasteiger partial charge in [0.05, 0.1) is 6.10 Å². The highest BCUT2D eigenvalue weighted by atomic mass is 16.3. The van der Waals surface area contributed by atoms with Gasteiger partial charge in [-0.25, -0.2) is 0 Å². The number of aliphatic hydroxyl groups excluding tert-OH is 1. The van der Waals surface area contributed by atoms with Crippen LogP contribution in [0, 0.1) is 11.8 Å². The van der Waals surface area contributed by atoms with Gasteiger partial charge in [0.25, 0.3) is 0 Å². The first-order valence-corrected chi connectivity index (χ1v) is 5.99. The fraction of sp³-hybridized carbons (Fsp3) is 0.818. The van der Waals surface area contributed by atoms with Crippen LogP contribution >= 0.6 is 0 Å². The summed E-state index contributed by atoms with van der Waals surface area (Å²) in [4.78, 5) is 24.9. The lowest BCUT2D eigenvalue weighted by Crippen LogP contribution is -2.52. The number of primary amides is 1. The molecule has 0 aromatic rings. The minimum absolute atomic E-state index is 0.0724. The summed E-state index contributed by atoms with van der Waals surface area (Å²) >= 11 is 0. The first-order valence-electron chi connectivity index (χ1n) is 5.99. The van der Waals surface area contributed by atoms with E-state index in [0.717, 1.165) is 13.1 Å². The Balaban J connectivity index is 2.04. The number of nitrogens with zero attached hydrogens (tertiary/aromatic N) is 1. The predicted molar refractivity (Wildman–Crippen MR) is 60.8 cm³/mol. The maximum Gasteiger partial charge on any atom is 0.240 e. The number of amides is 2. The Morgan fingerprint density at radius 1 is 1.47 bits per heavy atom. The van der Waals surface area contributed by atoms with Gasteiger partial charge >= 0.3 is 0 Å². The molecule has 0 aliphatic carbocycles. The standard InChI is InChI=1S/C11H19N3O3/c1-6(7-3-13-4-7)11(17)14-5-8(15)2-9(14)10(12)16/h6-9,13,15H,2-5H2,1H3,(H2,12,16). The Morgan fingerprint density at radius 3 is 2.59 bits per heavy atom. The molecule has 2 saturated heterocycles. The quantitative estimate of drug-likeness (QED) is 0.548. The van der Waals surface area contributed by atoms with E-state index in [1.807, 2.05) is 6.92 Å². The molecule has 2 rings (SSSR count). The third kappa shape index (κ3) is 2.28. The molecule has 2 aliphatic heterocycles. The summed E-state index contributed by atoms with van der Waals surface area (Å²) in [5.41, 5.74) is 5.25. The molecule has 2 fully saturated rings. The van der Waals surface area contributed by atoms with Crippen LogP contribution in [0.25, 0.3) is 0 Å². The first kappa shape index (κ1) is 12.3. The fourth-order valence-electron chi connectivity index (χ4n) is 2.45. The number of likely N-dealkylation sites (tertiary alicyclic amines) is 1. The molecule has 0 aromatic carbocycles. The molecule has 3 atom stereocenters. The second-order valence-electron chi connectivity index (χ2n) is 5.01. The second-order valence-corrected chi connectivity index (χ2v) is 5.01. The summed E-state index contributed by atoms with van der Waals surface area (Å²) in [6.45, 7) is 3.77. The Hall–Kier alpha value is -1.14. The Labute approximate surface area is 100 Å². The summed E-state index contributed by atoms with van der Waals surface area (Å²) in [6, 6.07) is -0.645. The molecule has 2 aliphatic rings. The van der Waals surface area contributed by atoms with Crippen LogP contribution in [0.15, 0.2) is 0 Å². The van der Waals surface area contributed by atoms with E-state index in [-0.39, 0.29) is 24.8 Å². The van der Waals surface area contributed by atoms with Crippen LogP contribution in [0.1, 0.15) is 13.3 Å². The number of carbonyl (C=O) groups is 2. The van der Waals surface area contributed by atoms with Crippen LogP contribution in [0.3, 0.4) is 0 Å². The van der Waals surface area contributed by atoms with E-state index < -0.39 is 18.1 Å². The molecule has 0 spiro atoms. The van der Waals surface area contributed by atoms with Gasteiger partial charge in [-0.15, -0.1) is 0 Å². The average molecular weight is 241 g/mol. The van der Waals surface area contributed by atoms with Gasteiger partial charge in [-0.2, -0.15) is 0 Å². The van der Waals surface area contributed by atoms with Crippen LogP contribution in [-0.4, -0.2) is 53.6 Å². The molecule has 2 heterocycles. The molecule has 0 saturated carbocycles. The summed E-state index contributed by atoms with van der Waals surface area (Å²) in [7, 11) is 0. The molecule has 3 unspecified atom stereocenters. The zero-order valence-corrected chi connectivity index (χ0v) is 9.93. The maximum atomic E-state index is 12.2. The van der Waals surface area contributed by atoms with Crippen LogP contribution < -0.4 is 11.1 Å². The second kappa shape index (κ2) is 4.62. The predicted octanol–water partition coefficient (Wildman–Crippen LogP) is -1.71. The highest BCUT2D eigenvalue weighted by Gasteiger charge is 2.41. The molecule has 17 heavy (non-hydrogen) atoms. The van der Waals surface area contributed by atoms with Crippen LogP contribution in [0.5, 0.6) is 0 Å². The van der Waals surface area contributed by atoms with Crippen molar-refractivity contribution < 1.29 is 14.7 Å². The van der Waals surface area contributed by atoms with E-state index in [1.54, 1.807) is 0 Å². The topological polar surface area (TPSA) is 95.7 Å². The summed E-state index contributed by atoms with van der Waals surface area (Å²) in [6.07, 6.45) is -0.375. The van der Waals surface area contributed by atoms with Gasteiger partial charge in [-0.05, 0) is 19.0 Å². The smallest absolute Gasteiger partial charge is 0.240 e. The molecule has 0 aromatic heterocycles. The van der Waals surface area contributed by atoms with Gasteiger partial charge in [0.15, 0.2) is 0 Å². The van der Waals surface area contributed by atoms with E-state index in [0.29, 0.717) is 5.92 Å². The van der Waals surface area contributed by atoms with E-state index in [2.05, 4.69) is 5.32 Å². The van der Waals surface area contributed by atoms with Crippen molar-refractivity contribution in [3.05, 3.63) is 0 Å². The highest BCUT2D eigenvalue weighted by Crippen LogP contribution is 2.24. The van der Waals surface area contributed by atoms with E-state index >= 15 is 0 Å². The lowest BCUT2D eigenvalue weighted by atomic mass is 9.88. The largest absolute Gasteiger partial charge is 0.391 e. The van der Waals surface area contributed by atoms with Gasteiger partial charge in [-0.1, -0.05) is 6.92 Å². The van der Waals surface area contributed by atoms with Crippen molar-refractivity contribution in [2.75, 3.05) is 19.6 Å². The zero-order valence-electron chi connectivity index (χ0n) is 9.93. The molecule has 6 nitrogen and oxygen atoms in total. The summed E-state index contributed by atoms with van der Waals surface area (Å²) < 4.78 is 0. The fourth-order valence-corrected chi connectivity index (χ4v) is 2.45. The number of aliphatic hydroxyl groups is 1. The van der Waals surface area contributed by atoms with Crippen LogP contribution in [-0.2, 0) is 9.59 Å². The number of rotatable bonds is 3. The van der Waals surface area contributed by atoms with Crippen molar-refractivity contribution in [1.29, 1.82) is 0 Å². The first-order chi connectivity index (χ1) is 8.00. The van der Waals surface area contributed by atoms with Crippen LogP contribution in [0.2, 0.25) is 0 Å². The third-order valence-corrected chi connectivity index (χ3v) is 3.80. The minimum Gasteiger partial charge on any atom is -0.391 e. The molecule has 0 radical (unpaired) electrons. The molecule has 4 N–H and O–H groups in total. The van der Waals surface area contributed by atoms with E-state index in [9.17, 15) is 14.7 Å².